The number of benzene rings is 3. The van der Waals surface area contributed by atoms with Crippen molar-refractivity contribution in [3.05, 3.63) is 77.6 Å². The number of hydrogen-bond donors (Lipinski definition) is 1. The zero-order chi connectivity index (χ0) is 29.0. The maximum Gasteiger partial charge on any atom is 0.319 e. The number of nitrogens with zero attached hydrogens (tertiary/aromatic N) is 6. The van der Waals surface area contributed by atoms with E-state index in [1.54, 1.807) is 24.3 Å². The number of aromatic hydroxyl groups is 1. The molecule has 1 saturated heterocycles. The Morgan fingerprint density at radius 3 is 2.69 bits per heavy atom. The number of halogens is 2. The molecule has 0 unspecified atom stereocenters. The highest BCUT2D eigenvalue weighted by atomic mass is 35.5. The summed E-state index contributed by atoms with van der Waals surface area (Å²) in [7, 11) is 2.09. The molecule has 0 spiro atoms. The summed E-state index contributed by atoms with van der Waals surface area (Å²) in [5.74, 6) is 0.822. The zero-order valence-corrected chi connectivity index (χ0v) is 24.0. The summed E-state index contributed by atoms with van der Waals surface area (Å²) in [5, 5.41) is 12.8. The molecule has 3 aromatic carbocycles. The monoisotopic (exact) mass is 584 g/mol. The Kier molecular flexibility index (Phi) is 6.71. The smallest absolute Gasteiger partial charge is 0.319 e. The topological polar surface area (TPSA) is 79.5 Å². The summed E-state index contributed by atoms with van der Waals surface area (Å²) >= 11 is 6.86. The molecule has 0 radical (unpaired) electrons. The fourth-order valence-electron chi connectivity index (χ4n) is 6.10. The number of imidazole rings is 1. The van der Waals surface area contributed by atoms with E-state index >= 15 is 4.39 Å². The number of hydrogen-bond acceptors (Lipinski definition) is 7. The molecule has 2 aromatic heterocycles. The van der Waals surface area contributed by atoms with Gasteiger partial charge in [-0.25, -0.2) is 9.37 Å². The van der Waals surface area contributed by atoms with Crippen LogP contribution in [0.2, 0.25) is 5.02 Å². The highest BCUT2D eigenvalue weighted by molar-refractivity contribution is 6.35. The van der Waals surface area contributed by atoms with Crippen molar-refractivity contribution in [1.29, 1.82) is 0 Å². The Bertz CT molecular complexity index is 1850. The molecule has 5 aromatic rings. The molecule has 0 atom stereocenters. The second-order valence-electron chi connectivity index (χ2n) is 11.0. The Morgan fingerprint density at radius 1 is 1.07 bits per heavy atom. The van der Waals surface area contributed by atoms with Crippen molar-refractivity contribution in [2.75, 3.05) is 31.6 Å². The molecule has 8 nitrogen and oxygen atoms in total. The van der Waals surface area contributed by atoms with Crippen LogP contribution in [0.5, 0.6) is 11.8 Å². The maximum absolute atomic E-state index is 16.8. The first-order valence-electron chi connectivity index (χ1n) is 14.1. The lowest BCUT2D eigenvalue weighted by Crippen LogP contribution is -2.36. The second kappa shape index (κ2) is 10.6. The molecule has 0 amide bonds. The highest BCUT2D eigenvalue weighted by Crippen LogP contribution is 2.43. The van der Waals surface area contributed by atoms with E-state index < -0.39 is 5.82 Å². The fourth-order valence-corrected chi connectivity index (χ4v) is 6.40. The standard InChI is InChI=1S/C32H30ClFN6O2/c1-3-27-35-17-20-18-39(12-13-40(20)27)31-25-16-26(33)28(24-15-21(41)14-19-6-4-5-7-23(19)24)29(34)30(25)36-32(37-31)42-22-8-10-38(2)11-9-22/h3-7,14-17,22,41H,1,8-13,18H2,2H3. The van der Waals surface area contributed by atoms with Crippen LogP contribution in [0, 0.1) is 5.82 Å². The lowest BCUT2D eigenvalue weighted by atomic mass is 9.96. The summed E-state index contributed by atoms with van der Waals surface area (Å²) in [6.45, 7) is 7.52. The van der Waals surface area contributed by atoms with Gasteiger partial charge in [0.05, 0.1) is 23.5 Å². The molecular formula is C32H30ClFN6O2. The number of ether oxygens (including phenoxy) is 1. The molecule has 0 aliphatic carbocycles. The number of phenols is 1. The first-order chi connectivity index (χ1) is 20.4. The number of anilines is 1. The number of rotatable bonds is 5. The van der Waals surface area contributed by atoms with Gasteiger partial charge < -0.3 is 24.2 Å². The van der Waals surface area contributed by atoms with E-state index in [4.69, 9.17) is 21.3 Å². The fraction of sp³-hybridized carbons (Fsp3) is 0.281. The van der Waals surface area contributed by atoms with E-state index in [1.165, 1.54) is 0 Å². The molecule has 2 aliphatic rings. The first-order valence-corrected chi connectivity index (χ1v) is 14.5. The van der Waals surface area contributed by atoms with Crippen LogP contribution in [-0.4, -0.2) is 62.3 Å². The van der Waals surface area contributed by atoms with E-state index in [-0.39, 0.29) is 34.0 Å². The van der Waals surface area contributed by atoms with Crippen LogP contribution >= 0.6 is 11.6 Å². The first kappa shape index (κ1) is 26.7. The Morgan fingerprint density at radius 2 is 1.88 bits per heavy atom. The number of likely N-dealkylation sites (tertiary alicyclic amines) is 1. The third kappa shape index (κ3) is 4.62. The molecule has 10 heteroatoms. The Balaban J connectivity index is 1.40. The average molecular weight is 585 g/mol. The van der Waals surface area contributed by atoms with Crippen LogP contribution in [0.3, 0.4) is 0 Å². The van der Waals surface area contributed by atoms with Gasteiger partial charge in [-0.15, -0.1) is 0 Å². The van der Waals surface area contributed by atoms with Gasteiger partial charge in [0.25, 0.3) is 0 Å². The van der Waals surface area contributed by atoms with Crippen molar-refractivity contribution in [1.82, 2.24) is 24.4 Å². The van der Waals surface area contributed by atoms with E-state index in [0.29, 0.717) is 36.4 Å². The van der Waals surface area contributed by atoms with Crippen LogP contribution in [-0.2, 0) is 13.1 Å². The lowest BCUT2D eigenvalue weighted by molar-refractivity contribution is 0.105. The molecule has 42 heavy (non-hydrogen) atoms. The molecular weight excluding hydrogens is 555 g/mol. The summed E-state index contributed by atoms with van der Waals surface area (Å²) < 4.78 is 25.2. The Hall–Kier alpha value is -4.21. The van der Waals surface area contributed by atoms with Gasteiger partial charge in [-0.05, 0) is 60.5 Å². The molecule has 7 rings (SSSR count). The van der Waals surface area contributed by atoms with Crippen LogP contribution in [0.25, 0.3) is 38.9 Å². The van der Waals surface area contributed by atoms with Crippen LogP contribution in [0.1, 0.15) is 24.4 Å². The Labute approximate surface area is 247 Å². The number of piperidine rings is 1. The lowest BCUT2D eigenvalue weighted by Gasteiger charge is -2.31. The molecule has 2 aliphatic heterocycles. The molecule has 4 heterocycles. The van der Waals surface area contributed by atoms with Gasteiger partial charge in [0, 0.05) is 37.1 Å². The van der Waals surface area contributed by atoms with Crippen molar-refractivity contribution < 1.29 is 14.2 Å². The number of fused-ring (bicyclic) bond motifs is 3. The van der Waals surface area contributed by atoms with Gasteiger partial charge in [-0.2, -0.15) is 9.97 Å². The quantitative estimate of drug-likeness (QED) is 0.260. The molecule has 0 saturated carbocycles. The van der Waals surface area contributed by atoms with Crippen molar-refractivity contribution in [3.63, 3.8) is 0 Å². The van der Waals surface area contributed by atoms with Gasteiger partial charge >= 0.3 is 6.01 Å². The minimum absolute atomic E-state index is 0.0257. The van der Waals surface area contributed by atoms with Crippen molar-refractivity contribution >= 4 is 45.2 Å². The normalized spacial score (nSPS) is 16.2. The van der Waals surface area contributed by atoms with Crippen molar-refractivity contribution in [3.8, 4) is 22.9 Å². The van der Waals surface area contributed by atoms with Gasteiger partial charge in [0.15, 0.2) is 5.82 Å². The minimum atomic E-state index is -0.582. The third-order valence-corrected chi connectivity index (χ3v) is 8.59. The predicted octanol–water partition coefficient (Wildman–Crippen LogP) is 6.28. The number of aromatic nitrogens is 4. The van der Waals surface area contributed by atoms with E-state index in [9.17, 15) is 5.11 Å². The average Bonchev–Trinajstić information content (AvgIpc) is 3.41. The minimum Gasteiger partial charge on any atom is -0.508 e. The van der Waals surface area contributed by atoms with Crippen molar-refractivity contribution in [2.24, 2.45) is 0 Å². The van der Waals surface area contributed by atoms with Crippen LogP contribution in [0.15, 0.2) is 55.2 Å². The summed E-state index contributed by atoms with van der Waals surface area (Å²) in [5.41, 5.74) is 1.81. The molecule has 0 bridgehead atoms. The zero-order valence-electron chi connectivity index (χ0n) is 23.2. The highest BCUT2D eigenvalue weighted by Gasteiger charge is 2.28. The predicted molar refractivity (Wildman–Crippen MR) is 164 cm³/mol. The van der Waals surface area contributed by atoms with Crippen LogP contribution in [0.4, 0.5) is 10.2 Å². The number of phenolic OH excluding ortho intramolecular Hbond substituents is 1. The molecule has 1 N–H and O–H groups in total. The SMILES string of the molecule is C=Cc1ncc2n1CCN(c1nc(OC3CCN(C)CC3)nc3c(F)c(-c4cc(O)cc5ccccc45)c(Cl)cc13)C2. The third-order valence-electron chi connectivity index (χ3n) is 8.29. The van der Waals surface area contributed by atoms with Gasteiger partial charge in [0.1, 0.15) is 29.0 Å². The van der Waals surface area contributed by atoms with Gasteiger partial charge in [-0.1, -0.05) is 42.4 Å². The summed E-state index contributed by atoms with van der Waals surface area (Å²) in [4.78, 5) is 18.3. The van der Waals surface area contributed by atoms with Crippen molar-refractivity contribution in [2.45, 2.75) is 32.0 Å². The summed E-state index contributed by atoms with van der Waals surface area (Å²) in [6, 6.07) is 12.6. The van der Waals surface area contributed by atoms with Crippen LogP contribution < -0.4 is 9.64 Å². The van der Waals surface area contributed by atoms with E-state index in [0.717, 1.165) is 48.2 Å². The largest absolute Gasteiger partial charge is 0.508 e. The molecule has 214 valence electrons. The van der Waals surface area contributed by atoms with E-state index in [2.05, 4.69) is 38.0 Å². The maximum atomic E-state index is 16.8. The van der Waals surface area contributed by atoms with Gasteiger partial charge in [-0.3, -0.25) is 0 Å². The van der Waals surface area contributed by atoms with E-state index in [1.807, 2.05) is 30.5 Å². The summed E-state index contributed by atoms with van der Waals surface area (Å²) in [6.07, 6.45) is 5.19. The molecule has 1 fully saturated rings. The van der Waals surface area contributed by atoms with Gasteiger partial charge in [0.2, 0.25) is 0 Å². The second-order valence-corrected chi connectivity index (χ2v) is 11.4.